The molecule has 0 aliphatic heterocycles. The van der Waals surface area contributed by atoms with E-state index in [0.717, 1.165) is 17.4 Å². The van der Waals surface area contributed by atoms with E-state index in [1.807, 2.05) is 0 Å². The van der Waals surface area contributed by atoms with Crippen molar-refractivity contribution < 1.29 is 17.9 Å². The van der Waals surface area contributed by atoms with E-state index in [9.17, 15) is 18.5 Å². The standard InChI is InChI=1S/C9H10N4O5S2/c1-10-9-7(13(14)15)4-8(19-9)20(16,17)11-5-6-2-3-18-12-6/h2-4,10-11H,5H2,1H3. The lowest BCUT2D eigenvalue weighted by atomic mass is 10.5. The van der Waals surface area contributed by atoms with E-state index < -0.39 is 14.9 Å². The van der Waals surface area contributed by atoms with Gasteiger partial charge in [-0.25, -0.2) is 13.1 Å². The summed E-state index contributed by atoms with van der Waals surface area (Å²) in [6.07, 6.45) is 1.32. The number of nitro groups is 1. The average molecular weight is 318 g/mol. The van der Waals surface area contributed by atoms with Crippen LogP contribution in [0.3, 0.4) is 0 Å². The van der Waals surface area contributed by atoms with Crippen molar-refractivity contribution >= 4 is 32.0 Å². The molecule has 2 aromatic heterocycles. The fraction of sp³-hybridized carbons (Fsp3) is 0.222. The normalized spacial score (nSPS) is 11.4. The zero-order valence-electron chi connectivity index (χ0n) is 10.2. The smallest absolute Gasteiger partial charge is 0.304 e. The molecule has 2 rings (SSSR count). The molecule has 0 saturated heterocycles. The highest BCUT2D eigenvalue weighted by Gasteiger charge is 2.25. The third kappa shape index (κ3) is 2.95. The Morgan fingerprint density at radius 3 is 2.80 bits per heavy atom. The summed E-state index contributed by atoms with van der Waals surface area (Å²) in [4.78, 5) is 10.2. The highest BCUT2D eigenvalue weighted by molar-refractivity contribution is 7.91. The van der Waals surface area contributed by atoms with Crippen LogP contribution in [0.25, 0.3) is 0 Å². The Bertz CT molecular complexity index is 707. The molecule has 0 radical (unpaired) electrons. The van der Waals surface area contributed by atoms with Crippen molar-refractivity contribution in [1.29, 1.82) is 0 Å². The number of sulfonamides is 1. The molecule has 0 spiro atoms. The number of aromatic nitrogens is 1. The number of hydrogen-bond donors (Lipinski definition) is 2. The van der Waals surface area contributed by atoms with E-state index >= 15 is 0 Å². The van der Waals surface area contributed by atoms with E-state index in [-0.39, 0.29) is 21.4 Å². The molecular weight excluding hydrogens is 308 g/mol. The molecule has 20 heavy (non-hydrogen) atoms. The van der Waals surface area contributed by atoms with Crippen molar-refractivity contribution in [2.24, 2.45) is 0 Å². The largest absolute Gasteiger partial charge is 0.374 e. The molecule has 0 fully saturated rings. The Balaban J connectivity index is 2.23. The van der Waals surface area contributed by atoms with Crippen LogP contribution < -0.4 is 10.0 Å². The number of nitrogens with one attached hydrogen (secondary N) is 2. The lowest BCUT2D eigenvalue weighted by Gasteiger charge is -2.01. The lowest BCUT2D eigenvalue weighted by molar-refractivity contribution is -0.383. The van der Waals surface area contributed by atoms with Crippen LogP contribution in [0.2, 0.25) is 0 Å². The summed E-state index contributed by atoms with van der Waals surface area (Å²) in [5.41, 5.74) is 0.132. The Kier molecular flexibility index (Phi) is 4.01. The van der Waals surface area contributed by atoms with Gasteiger partial charge in [-0.2, -0.15) is 0 Å². The molecule has 0 saturated carbocycles. The van der Waals surface area contributed by atoms with Gasteiger partial charge in [0.15, 0.2) is 5.00 Å². The van der Waals surface area contributed by atoms with E-state index in [2.05, 4.69) is 19.7 Å². The van der Waals surface area contributed by atoms with Crippen LogP contribution in [-0.2, 0) is 16.6 Å². The summed E-state index contributed by atoms with van der Waals surface area (Å²) in [6, 6.07) is 2.53. The first kappa shape index (κ1) is 14.4. The Hall–Kier alpha value is -1.98. The summed E-state index contributed by atoms with van der Waals surface area (Å²) in [7, 11) is -2.36. The maximum atomic E-state index is 12.0. The van der Waals surface area contributed by atoms with E-state index in [4.69, 9.17) is 0 Å². The minimum atomic E-state index is -3.84. The fourth-order valence-electron chi connectivity index (χ4n) is 1.38. The second-order valence-electron chi connectivity index (χ2n) is 3.60. The highest BCUT2D eigenvalue weighted by Crippen LogP contribution is 2.36. The maximum Gasteiger partial charge on any atom is 0.304 e. The molecule has 0 atom stereocenters. The third-order valence-corrected chi connectivity index (χ3v) is 5.33. The van der Waals surface area contributed by atoms with Gasteiger partial charge >= 0.3 is 5.69 Å². The number of nitrogens with zero attached hydrogens (tertiary/aromatic N) is 2. The molecule has 0 aromatic carbocycles. The lowest BCUT2D eigenvalue weighted by Crippen LogP contribution is -2.22. The first-order valence-electron chi connectivity index (χ1n) is 5.29. The number of hydrogen-bond acceptors (Lipinski definition) is 8. The van der Waals surface area contributed by atoms with Crippen LogP contribution >= 0.6 is 11.3 Å². The fourth-order valence-corrected chi connectivity index (χ4v) is 3.70. The second-order valence-corrected chi connectivity index (χ2v) is 6.65. The Labute approximate surface area is 117 Å². The molecule has 0 bridgehead atoms. The van der Waals surface area contributed by atoms with Crippen LogP contribution in [-0.4, -0.2) is 25.5 Å². The minimum Gasteiger partial charge on any atom is -0.374 e. The SMILES string of the molecule is CNc1sc(S(=O)(=O)NCc2ccon2)cc1[N+](=O)[O-]. The Morgan fingerprint density at radius 1 is 1.55 bits per heavy atom. The summed E-state index contributed by atoms with van der Waals surface area (Å²) in [5, 5.41) is 17.1. The van der Waals surface area contributed by atoms with Crippen molar-refractivity contribution in [3.8, 4) is 0 Å². The van der Waals surface area contributed by atoms with Crippen LogP contribution in [0, 0.1) is 10.1 Å². The van der Waals surface area contributed by atoms with Gasteiger partial charge < -0.3 is 9.84 Å². The van der Waals surface area contributed by atoms with Crippen molar-refractivity contribution in [1.82, 2.24) is 9.88 Å². The average Bonchev–Trinajstić information content (AvgIpc) is 3.05. The maximum absolute atomic E-state index is 12.0. The molecule has 0 amide bonds. The summed E-state index contributed by atoms with van der Waals surface area (Å²) >= 11 is 0.785. The van der Waals surface area contributed by atoms with Gasteiger partial charge in [0.05, 0.1) is 17.2 Å². The number of rotatable bonds is 6. The predicted octanol–water partition coefficient (Wildman–Crippen LogP) is 1.16. The van der Waals surface area contributed by atoms with Crippen molar-refractivity contribution in [3.63, 3.8) is 0 Å². The highest BCUT2D eigenvalue weighted by atomic mass is 32.2. The monoisotopic (exact) mass is 318 g/mol. The van der Waals surface area contributed by atoms with Crippen LogP contribution in [0.1, 0.15) is 5.69 Å². The molecule has 2 heterocycles. The molecule has 0 aliphatic carbocycles. The van der Waals surface area contributed by atoms with Crippen molar-refractivity contribution in [2.75, 3.05) is 12.4 Å². The summed E-state index contributed by atoms with van der Waals surface area (Å²) in [5.74, 6) is 0. The van der Waals surface area contributed by atoms with Gasteiger partial charge in [-0.3, -0.25) is 10.1 Å². The van der Waals surface area contributed by atoms with Gasteiger partial charge in [0.1, 0.15) is 10.5 Å². The van der Waals surface area contributed by atoms with Crippen molar-refractivity contribution in [2.45, 2.75) is 10.8 Å². The molecular formula is C9H10N4O5S2. The van der Waals surface area contributed by atoms with Crippen molar-refractivity contribution in [3.05, 3.63) is 34.2 Å². The zero-order chi connectivity index (χ0) is 14.8. The van der Waals surface area contributed by atoms with E-state index in [1.165, 1.54) is 19.4 Å². The molecule has 2 N–H and O–H groups in total. The molecule has 2 aromatic rings. The number of thiophene rings is 1. The molecule has 108 valence electrons. The summed E-state index contributed by atoms with van der Waals surface area (Å²) in [6.45, 7) is -0.0561. The zero-order valence-corrected chi connectivity index (χ0v) is 11.8. The molecule has 11 heteroatoms. The first-order valence-corrected chi connectivity index (χ1v) is 7.59. The first-order chi connectivity index (χ1) is 9.44. The number of anilines is 1. The minimum absolute atomic E-state index is 0.0561. The quantitative estimate of drug-likeness (QED) is 0.604. The summed E-state index contributed by atoms with van der Waals surface area (Å²) < 4.78 is 30.8. The second kappa shape index (κ2) is 5.56. The van der Waals surface area contributed by atoms with Gasteiger partial charge in [-0.05, 0) is 0 Å². The van der Waals surface area contributed by atoms with Gasteiger partial charge in [0.2, 0.25) is 0 Å². The van der Waals surface area contributed by atoms with Gasteiger partial charge in [0.25, 0.3) is 10.0 Å². The van der Waals surface area contributed by atoms with Crippen LogP contribution in [0.15, 0.2) is 27.1 Å². The van der Waals surface area contributed by atoms with Crippen LogP contribution in [0.5, 0.6) is 0 Å². The van der Waals surface area contributed by atoms with E-state index in [1.54, 1.807) is 0 Å². The van der Waals surface area contributed by atoms with Gasteiger partial charge in [0, 0.05) is 19.2 Å². The third-order valence-electron chi connectivity index (χ3n) is 2.31. The van der Waals surface area contributed by atoms with Gasteiger partial charge in [-0.15, -0.1) is 0 Å². The Morgan fingerprint density at radius 2 is 2.30 bits per heavy atom. The molecule has 0 aliphatic rings. The molecule has 9 nitrogen and oxygen atoms in total. The predicted molar refractivity (Wildman–Crippen MR) is 71.0 cm³/mol. The van der Waals surface area contributed by atoms with E-state index in [0.29, 0.717) is 5.69 Å². The van der Waals surface area contributed by atoms with Gasteiger partial charge in [-0.1, -0.05) is 16.5 Å². The molecule has 0 unspecified atom stereocenters. The topological polar surface area (TPSA) is 127 Å². The van der Waals surface area contributed by atoms with Crippen LogP contribution in [0.4, 0.5) is 10.7 Å².